The van der Waals surface area contributed by atoms with Gasteiger partial charge in [-0.05, 0) is 31.3 Å². The van der Waals surface area contributed by atoms with Gasteiger partial charge in [-0.25, -0.2) is 27.7 Å². The molecule has 0 spiro atoms. The lowest BCUT2D eigenvalue weighted by Gasteiger charge is -2.11. The zero-order chi connectivity index (χ0) is 24.4. The Morgan fingerprint density at radius 2 is 1.73 bits per heavy atom. The zero-order valence-electron chi connectivity index (χ0n) is 17.7. The van der Waals surface area contributed by atoms with E-state index in [0.29, 0.717) is 36.0 Å². The summed E-state index contributed by atoms with van der Waals surface area (Å²) < 4.78 is 32.8. The van der Waals surface area contributed by atoms with Gasteiger partial charge in [0.25, 0.3) is 0 Å². The van der Waals surface area contributed by atoms with Crippen LogP contribution in [0.1, 0.15) is 5.69 Å². The van der Waals surface area contributed by atoms with Gasteiger partial charge in [0.15, 0.2) is 5.03 Å². The number of sulfone groups is 1. The first-order chi connectivity index (χ1) is 15.7. The summed E-state index contributed by atoms with van der Waals surface area (Å²) in [6.07, 6.45) is 2.69. The predicted molar refractivity (Wildman–Crippen MR) is 117 cm³/mol. The van der Waals surface area contributed by atoms with Crippen molar-refractivity contribution in [1.29, 1.82) is 0 Å². The summed E-state index contributed by atoms with van der Waals surface area (Å²) in [5, 5.41) is 23.1. The molecule has 0 fully saturated rings. The number of ether oxygens (including phenoxy) is 1. The van der Waals surface area contributed by atoms with Crippen molar-refractivity contribution in [3.8, 4) is 11.6 Å². The number of nitrogens with one attached hydrogen (secondary N) is 1. The highest BCUT2D eigenvalue weighted by Gasteiger charge is 2.26. The van der Waals surface area contributed by atoms with E-state index in [2.05, 4.69) is 15.4 Å². The van der Waals surface area contributed by atoms with Gasteiger partial charge in [-0.3, -0.25) is 0 Å². The Labute approximate surface area is 189 Å². The van der Waals surface area contributed by atoms with Gasteiger partial charge in [0.05, 0.1) is 17.7 Å². The van der Waals surface area contributed by atoms with E-state index in [0.717, 1.165) is 0 Å². The molecule has 2 heterocycles. The number of rotatable bonds is 8. The van der Waals surface area contributed by atoms with Crippen molar-refractivity contribution in [2.24, 2.45) is 0 Å². The van der Waals surface area contributed by atoms with E-state index < -0.39 is 21.8 Å². The van der Waals surface area contributed by atoms with Crippen molar-refractivity contribution in [2.45, 2.75) is 16.5 Å². The van der Waals surface area contributed by atoms with Crippen LogP contribution in [0.25, 0.3) is 5.69 Å². The fourth-order valence-corrected chi connectivity index (χ4v) is 4.02. The normalized spacial score (nSPS) is 11.0. The predicted octanol–water partition coefficient (Wildman–Crippen LogP) is 1.54. The van der Waals surface area contributed by atoms with Crippen LogP contribution in [0.5, 0.6) is 5.88 Å². The maximum atomic E-state index is 13.1. The van der Waals surface area contributed by atoms with E-state index in [9.17, 15) is 18.0 Å². The summed E-state index contributed by atoms with van der Waals surface area (Å²) in [6.45, 7) is 0.437. The van der Waals surface area contributed by atoms with Gasteiger partial charge in [0.1, 0.15) is 5.69 Å². The highest BCUT2D eigenvalue weighted by molar-refractivity contribution is 7.91. The van der Waals surface area contributed by atoms with E-state index in [1.165, 1.54) is 11.8 Å². The van der Waals surface area contributed by atoms with Gasteiger partial charge in [-0.15, -0.1) is 0 Å². The molecule has 3 N–H and O–H groups in total. The molecule has 0 aliphatic carbocycles. The number of pyridine rings is 1. The van der Waals surface area contributed by atoms with Gasteiger partial charge in [0.2, 0.25) is 15.7 Å². The number of methoxy groups -OCH3 is 1. The summed E-state index contributed by atoms with van der Waals surface area (Å²) in [4.78, 5) is 23.4. The number of hydrogen-bond donors (Lipinski definition) is 3. The molecule has 33 heavy (non-hydrogen) atoms. The molecule has 0 bridgehead atoms. The van der Waals surface area contributed by atoms with Crippen molar-refractivity contribution >= 4 is 21.8 Å². The molecule has 174 valence electrons. The third-order valence-corrected chi connectivity index (χ3v) is 5.69. The molecule has 0 saturated carbocycles. The minimum absolute atomic E-state index is 0.0650. The van der Waals surface area contributed by atoms with E-state index in [-0.39, 0.29) is 9.92 Å². The Bertz CT molecular complexity index is 1220. The minimum Gasteiger partial charge on any atom is -0.479 e. The molecule has 3 rings (SSSR count). The maximum Gasteiger partial charge on any atom is 0.328 e. The second-order valence-corrected chi connectivity index (χ2v) is 8.17. The minimum atomic E-state index is -3.75. The molecule has 3 aromatic rings. The first-order valence-corrected chi connectivity index (χ1v) is 10.9. The summed E-state index contributed by atoms with van der Waals surface area (Å²) in [5.74, 6) is -2.22. The van der Waals surface area contributed by atoms with Crippen LogP contribution < -0.4 is 10.1 Å². The first kappa shape index (κ1) is 25.2. The van der Waals surface area contributed by atoms with Crippen LogP contribution >= 0.6 is 0 Å². The summed E-state index contributed by atoms with van der Waals surface area (Å²) in [6, 6.07) is 13.2. The van der Waals surface area contributed by atoms with Gasteiger partial charge in [0, 0.05) is 31.0 Å². The highest BCUT2D eigenvalue weighted by Crippen LogP contribution is 2.27. The van der Waals surface area contributed by atoms with Crippen molar-refractivity contribution in [1.82, 2.24) is 20.1 Å². The fourth-order valence-electron chi connectivity index (χ4n) is 2.61. The maximum absolute atomic E-state index is 13.1. The molecule has 0 aliphatic heterocycles. The molecular formula is C21H22N4O7S. The van der Waals surface area contributed by atoms with Crippen LogP contribution in [0.4, 0.5) is 0 Å². The van der Waals surface area contributed by atoms with Crippen molar-refractivity contribution in [2.75, 3.05) is 14.2 Å². The van der Waals surface area contributed by atoms with E-state index in [1.54, 1.807) is 61.8 Å². The van der Waals surface area contributed by atoms with Crippen LogP contribution in [0.2, 0.25) is 0 Å². The quantitative estimate of drug-likeness (QED) is 0.408. The van der Waals surface area contributed by atoms with E-state index in [1.807, 2.05) is 0 Å². The molecule has 2 aromatic heterocycles. The van der Waals surface area contributed by atoms with Crippen molar-refractivity contribution in [3.05, 3.63) is 72.6 Å². The van der Waals surface area contributed by atoms with Crippen LogP contribution in [-0.4, -0.2) is 59.5 Å². The Kier molecular flexibility index (Phi) is 8.83. The lowest BCUT2D eigenvalue weighted by Crippen LogP contribution is -2.11. The number of carboxylic acids is 2. The first-order valence-electron chi connectivity index (χ1n) is 9.37. The van der Waals surface area contributed by atoms with Crippen LogP contribution in [0, 0.1) is 0 Å². The third kappa shape index (κ3) is 6.72. The van der Waals surface area contributed by atoms with E-state index in [4.69, 9.17) is 14.9 Å². The van der Waals surface area contributed by atoms with Gasteiger partial charge >= 0.3 is 11.9 Å². The number of carbonyl (C=O) groups is 2. The fraction of sp³-hybridized carbons (Fsp3) is 0.143. The SMILES string of the molecule is CNCc1cc(S(=O)(=O)c2ccccc2)n(-c2cccnc2OC)n1.O=C(O)/C=C/C(=O)O. The van der Waals surface area contributed by atoms with Crippen LogP contribution in [-0.2, 0) is 26.0 Å². The van der Waals surface area contributed by atoms with Crippen LogP contribution in [0.15, 0.2) is 76.8 Å². The Balaban J connectivity index is 0.000000414. The third-order valence-electron chi connectivity index (χ3n) is 3.96. The standard InChI is InChI=1S/C17H18N4O3S.C4H4O4/c1-18-12-13-11-16(25(22,23)14-7-4-3-5-8-14)21(20-13)15-9-6-10-19-17(15)24-2;5-3(6)1-2-4(7)8/h3-11,18H,12H2,1-2H3;1-2H,(H,5,6)(H,7,8)/b;2-1+. The Morgan fingerprint density at radius 3 is 2.27 bits per heavy atom. The average Bonchev–Trinajstić information content (AvgIpc) is 3.23. The smallest absolute Gasteiger partial charge is 0.328 e. The number of aliphatic carboxylic acids is 2. The molecular weight excluding hydrogens is 452 g/mol. The molecule has 0 atom stereocenters. The summed E-state index contributed by atoms with van der Waals surface area (Å²) >= 11 is 0. The number of aromatic nitrogens is 3. The Morgan fingerprint density at radius 1 is 1.09 bits per heavy atom. The molecule has 12 heteroatoms. The monoisotopic (exact) mass is 474 g/mol. The number of hydrogen-bond acceptors (Lipinski definition) is 8. The second kappa shape index (κ2) is 11.5. The van der Waals surface area contributed by atoms with E-state index >= 15 is 0 Å². The second-order valence-electron chi connectivity index (χ2n) is 6.27. The summed E-state index contributed by atoms with van der Waals surface area (Å²) in [5.41, 5.74) is 1.06. The number of nitrogens with zero attached hydrogens (tertiary/aromatic N) is 3. The van der Waals surface area contributed by atoms with Gasteiger partial charge in [-0.1, -0.05) is 18.2 Å². The molecule has 0 amide bonds. The topological polar surface area (TPSA) is 161 Å². The van der Waals surface area contributed by atoms with Crippen molar-refractivity contribution < 1.29 is 33.0 Å². The average molecular weight is 474 g/mol. The molecule has 1 aromatic carbocycles. The lowest BCUT2D eigenvalue weighted by atomic mass is 10.4. The van der Waals surface area contributed by atoms with Gasteiger partial charge < -0.3 is 20.3 Å². The molecule has 0 unspecified atom stereocenters. The number of carboxylic acid groups (broad SMARTS) is 2. The lowest BCUT2D eigenvalue weighted by molar-refractivity contribution is -0.134. The highest BCUT2D eigenvalue weighted by atomic mass is 32.2. The summed E-state index contributed by atoms with van der Waals surface area (Å²) in [7, 11) is -0.497. The largest absolute Gasteiger partial charge is 0.479 e. The molecule has 11 nitrogen and oxygen atoms in total. The Hall–Kier alpha value is -4.03. The molecule has 0 radical (unpaired) electrons. The molecule has 0 saturated heterocycles. The molecule has 0 aliphatic rings. The zero-order valence-corrected chi connectivity index (χ0v) is 18.6. The van der Waals surface area contributed by atoms with Gasteiger partial charge in [-0.2, -0.15) is 5.10 Å². The van der Waals surface area contributed by atoms with Crippen molar-refractivity contribution in [3.63, 3.8) is 0 Å². The number of benzene rings is 1. The van der Waals surface area contributed by atoms with Crippen LogP contribution in [0.3, 0.4) is 0 Å².